The topological polar surface area (TPSA) is 44.9 Å². The Labute approximate surface area is 115 Å². The summed E-state index contributed by atoms with van der Waals surface area (Å²) in [5.74, 6) is 0.439. The van der Waals surface area contributed by atoms with Gasteiger partial charge in [-0.25, -0.2) is 0 Å². The van der Waals surface area contributed by atoms with Crippen LogP contribution in [0, 0.1) is 0 Å². The molecule has 0 saturated heterocycles. The molecule has 3 N–H and O–H groups in total. The largest absolute Gasteiger partial charge is 0.508 e. The van der Waals surface area contributed by atoms with Gasteiger partial charge in [0.05, 0.1) is 32.2 Å². The Morgan fingerprint density at radius 2 is 1.68 bits per heavy atom. The number of aliphatic hydroxyl groups is 1. The van der Waals surface area contributed by atoms with Gasteiger partial charge in [0, 0.05) is 0 Å². The third-order valence-corrected chi connectivity index (χ3v) is 4.28. The minimum Gasteiger partial charge on any atom is -0.508 e. The van der Waals surface area contributed by atoms with Crippen molar-refractivity contribution in [2.24, 2.45) is 0 Å². The van der Waals surface area contributed by atoms with Crippen molar-refractivity contribution < 1.29 is 15.1 Å². The van der Waals surface area contributed by atoms with Crippen LogP contribution in [0.15, 0.2) is 24.3 Å². The SMILES string of the molecule is C[NH+](C)C[C@@H](c1ccc(O)cc1)C1(O)CCCCC1. The van der Waals surface area contributed by atoms with Gasteiger partial charge in [0.2, 0.25) is 0 Å². The van der Waals surface area contributed by atoms with E-state index in [0.717, 1.165) is 37.8 Å². The number of benzene rings is 1. The predicted molar refractivity (Wildman–Crippen MR) is 76.6 cm³/mol. The lowest BCUT2D eigenvalue weighted by atomic mass is 9.72. The first kappa shape index (κ1) is 14.4. The van der Waals surface area contributed by atoms with E-state index in [9.17, 15) is 10.2 Å². The van der Waals surface area contributed by atoms with Crippen molar-refractivity contribution in [2.75, 3.05) is 20.6 Å². The molecule has 19 heavy (non-hydrogen) atoms. The van der Waals surface area contributed by atoms with E-state index in [-0.39, 0.29) is 11.7 Å². The number of quaternary nitrogens is 1. The van der Waals surface area contributed by atoms with Crippen molar-refractivity contribution in [2.45, 2.75) is 43.6 Å². The van der Waals surface area contributed by atoms with E-state index in [4.69, 9.17) is 0 Å². The monoisotopic (exact) mass is 264 g/mol. The third kappa shape index (κ3) is 3.48. The summed E-state index contributed by atoms with van der Waals surface area (Å²) in [6.07, 6.45) is 5.26. The molecular formula is C16H26NO2+. The second-order valence-corrected chi connectivity index (χ2v) is 6.22. The van der Waals surface area contributed by atoms with Gasteiger partial charge < -0.3 is 15.1 Å². The molecular weight excluding hydrogens is 238 g/mol. The van der Waals surface area contributed by atoms with Crippen LogP contribution >= 0.6 is 0 Å². The fourth-order valence-electron chi connectivity index (χ4n) is 3.25. The summed E-state index contributed by atoms with van der Waals surface area (Å²) in [6, 6.07) is 7.35. The number of phenolic OH excluding ortho intramolecular Hbond substituents is 1. The molecule has 1 aromatic carbocycles. The molecule has 1 aliphatic rings. The van der Waals surface area contributed by atoms with E-state index < -0.39 is 5.60 Å². The number of rotatable bonds is 4. The predicted octanol–water partition coefficient (Wildman–Crippen LogP) is 1.32. The first-order valence-electron chi connectivity index (χ1n) is 7.31. The van der Waals surface area contributed by atoms with E-state index >= 15 is 0 Å². The molecule has 0 radical (unpaired) electrons. The molecule has 0 amide bonds. The van der Waals surface area contributed by atoms with Gasteiger partial charge in [0.1, 0.15) is 5.75 Å². The van der Waals surface area contributed by atoms with E-state index in [2.05, 4.69) is 14.1 Å². The quantitative estimate of drug-likeness (QED) is 0.768. The first-order valence-corrected chi connectivity index (χ1v) is 7.31. The van der Waals surface area contributed by atoms with E-state index in [1.54, 1.807) is 12.1 Å². The number of nitrogens with one attached hydrogen (secondary N) is 1. The zero-order chi connectivity index (χ0) is 13.9. The van der Waals surface area contributed by atoms with Crippen molar-refractivity contribution >= 4 is 0 Å². The normalized spacial score (nSPS) is 20.4. The average Bonchev–Trinajstić information content (AvgIpc) is 2.38. The summed E-state index contributed by atoms with van der Waals surface area (Å²) in [6.45, 7) is 0.918. The van der Waals surface area contributed by atoms with Gasteiger partial charge in [0.15, 0.2) is 0 Å². The van der Waals surface area contributed by atoms with Crippen molar-refractivity contribution in [1.82, 2.24) is 0 Å². The van der Waals surface area contributed by atoms with Crippen LogP contribution in [0.5, 0.6) is 5.75 Å². The minimum absolute atomic E-state index is 0.151. The molecule has 0 unspecified atom stereocenters. The number of hydrogen-bond acceptors (Lipinski definition) is 2. The Morgan fingerprint density at radius 1 is 1.11 bits per heavy atom. The standard InChI is InChI=1S/C16H25NO2/c1-17(2)12-15(13-6-8-14(18)9-7-13)16(19)10-4-3-5-11-16/h6-9,15,18-19H,3-5,10-12H2,1-2H3/p+1/t15-/m0/s1. The number of aromatic hydroxyl groups is 1. The maximum absolute atomic E-state index is 11.0. The fraction of sp³-hybridized carbons (Fsp3) is 0.625. The highest BCUT2D eigenvalue weighted by Crippen LogP contribution is 2.39. The van der Waals surface area contributed by atoms with Crippen LogP contribution in [0.2, 0.25) is 0 Å². The molecule has 1 saturated carbocycles. The van der Waals surface area contributed by atoms with Crippen LogP contribution in [-0.4, -0.2) is 36.5 Å². The molecule has 3 heteroatoms. The number of phenols is 1. The van der Waals surface area contributed by atoms with Crippen LogP contribution in [-0.2, 0) is 0 Å². The van der Waals surface area contributed by atoms with Gasteiger partial charge in [-0.3, -0.25) is 0 Å². The van der Waals surface area contributed by atoms with Gasteiger partial charge >= 0.3 is 0 Å². The Hall–Kier alpha value is -1.06. The zero-order valence-electron chi connectivity index (χ0n) is 12.0. The Balaban J connectivity index is 2.26. The van der Waals surface area contributed by atoms with E-state index in [1.807, 2.05) is 12.1 Å². The van der Waals surface area contributed by atoms with Gasteiger partial charge in [-0.2, -0.15) is 0 Å². The molecule has 3 nitrogen and oxygen atoms in total. The number of likely N-dealkylation sites (N-methyl/N-ethyl adjacent to an activating group) is 1. The lowest BCUT2D eigenvalue weighted by Gasteiger charge is -2.39. The summed E-state index contributed by atoms with van der Waals surface area (Å²) in [5, 5.41) is 20.5. The maximum Gasteiger partial charge on any atom is 0.115 e. The van der Waals surface area contributed by atoms with Gasteiger partial charge in [-0.15, -0.1) is 0 Å². The smallest absolute Gasteiger partial charge is 0.115 e. The highest BCUT2D eigenvalue weighted by molar-refractivity contribution is 5.30. The highest BCUT2D eigenvalue weighted by Gasteiger charge is 2.40. The van der Waals surface area contributed by atoms with Crippen LogP contribution < -0.4 is 4.90 Å². The molecule has 0 aromatic heterocycles. The van der Waals surface area contributed by atoms with Crippen molar-refractivity contribution in [3.05, 3.63) is 29.8 Å². The van der Waals surface area contributed by atoms with Gasteiger partial charge in [-0.05, 0) is 30.5 Å². The van der Waals surface area contributed by atoms with Crippen molar-refractivity contribution in [3.63, 3.8) is 0 Å². The second-order valence-electron chi connectivity index (χ2n) is 6.22. The maximum atomic E-state index is 11.0. The van der Waals surface area contributed by atoms with Crippen molar-refractivity contribution in [1.29, 1.82) is 0 Å². The molecule has 1 aliphatic carbocycles. The van der Waals surface area contributed by atoms with Crippen LogP contribution in [0.3, 0.4) is 0 Å². The molecule has 1 aromatic rings. The Bertz CT molecular complexity index is 394. The van der Waals surface area contributed by atoms with Gasteiger partial charge in [-0.1, -0.05) is 31.4 Å². The Morgan fingerprint density at radius 3 is 2.21 bits per heavy atom. The Kier molecular flexibility index (Phi) is 4.48. The lowest BCUT2D eigenvalue weighted by molar-refractivity contribution is -0.860. The molecule has 2 rings (SSSR count). The minimum atomic E-state index is -0.577. The van der Waals surface area contributed by atoms with Gasteiger partial charge in [0.25, 0.3) is 0 Å². The van der Waals surface area contributed by atoms with E-state index in [0.29, 0.717) is 0 Å². The van der Waals surface area contributed by atoms with E-state index in [1.165, 1.54) is 11.3 Å². The molecule has 0 spiro atoms. The third-order valence-electron chi connectivity index (χ3n) is 4.28. The molecule has 0 aliphatic heterocycles. The summed E-state index contributed by atoms with van der Waals surface area (Å²) in [4.78, 5) is 1.34. The summed E-state index contributed by atoms with van der Waals surface area (Å²) < 4.78 is 0. The summed E-state index contributed by atoms with van der Waals surface area (Å²) in [5.41, 5.74) is 0.565. The zero-order valence-corrected chi connectivity index (χ0v) is 12.0. The summed E-state index contributed by atoms with van der Waals surface area (Å²) in [7, 11) is 4.25. The van der Waals surface area contributed by atoms with Crippen LogP contribution in [0.4, 0.5) is 0 Å². The molecule has 1 atom stereocenters. The molecule has 1 fully saturated rings. The fourth-order valence-corrected chi connectivity index (χ4v) is 3.25. The molecule has 0 bridgehead atoms. The van der Waals surface area contributed by atoms with Crippen molar-refractivity contribution in [3.8, 4) is 5.75 Å². The highest BCUT2D eigenvalue weighted by atomic mass is 16.3. The molecule has 0 heterocycles. The summed E-state index contributed by atoms with van der Waals surface area (Å²) >= 11 is 0. The lowest BCUT2D eigenvalue weighted by Crippen LogP contribution is -3.06. The first-order chi connectivity index (χ1) is 9.01. The van der Waals surface area contributed by atoms with Crippen LogP contribution in [0.1, 0.15) is 43.6 Å². The second kappa shape index (κ2) is 5.93. The average molecular weight is 264 g/mol. The number of hydrogen-bond donors (Lipinski definition) is 3. The molecule has 106 valence electrons. The van der Waals surface area contributed by atoms with Crippen LogP contribution in [0.25, 0.3) is 0 Å².